The maximum absolute atomic E-state index is 12.5. The van der Waals surface area contributed by atoms with Crippen molar-refractivity contribution in [3.8, 4) is 11.3 Å². The first-order valence-electron chi connectivity index (χ1n) is 7.72. The van der Waals surface area contributed by atoms with E-state index in [4.69, 9.17) is 4.42 Å². The van der Waals surface area contributed by atoms with Crippen molar-refractivity contribution >= 4 is 17.2 Å². The molecule has 0 saturated heterocycles. The maximum Gasteiger partial charge on any atom is 0.227 e. The number of amides is 1. The molecule has 2 aromatic heterocycles. The van der Waals surface area contributed by atoms with Crippen molar-refractivity contribution in [1.29, 1.82) is 0 Å². The van der Waals surface area contributed by atoms with Crippen LogP contribution < -0.4 is 5.32 Å². The lowest BCUT2D eigenvalue weighted by atomic mass is 9.96. The van der Waals surface area contributed by atoms with Gasteiger partial charge in [-0.15, -0.1) is 11.3 Å². The lowest BCUT2D eigenvalue weighted by Gasteiger charge is -2.15. The van der Waals surface area contributed by atoms with Crippen molar-refractivity contribution in [3.63, 3.8) is 0 Å². The van der Waals surface area contributed by atoms with E-state index in [2.05, 4.69) is 16.8 Å². The molecule has 3 rings (SSSR count). The normalized spacial score (nSPS) is 12.0. The summed E-state index contributed by atoms with van der Waals surface area (Å²) in [6, 6.07) is 15.8. The third kappa shape index (κ3) is 3.71. The monoisotopic (exact) mass is 325 g/mol. The summed E-state index contributed by atoms with van der Waals surface area (Å²) in [6.07, 6.45) is 2.46. The van der Waals surface area contributed by atoms with Gasteiger partial charge in [0.05, 0.1) is 18.7 Å². The first kappa shape index (κ1) is 15.6. The summed E-state index contributed by atoms with van der Waals surface area (Å²) in [7, 11) is 0. The third-order valence-corrected chi connectivity index (χ3v) is 4.76. The molecular formula is C19H19NO2S. The average molecular weight is 325 g/mol. The molecule has 0 aliphatic heterocycles. The van der Waals surface area contributed by atoms with Crippen LogP contribution in [-0.2, 0) is 11.3 Å². The zero-order chi connectivity index (χ0) is 16.1. The number of rotatable bonds is 6. The van der Waals surface area contributed by atoms with E-state index >= 15 is 0 Å². The van der Waals surface area contributed by atoms with E-state index in [1.54, 1.807) is 17.6 Å². The van der Waals surface area contributed by atoms with E-state index in [0.29, 0.717) is 6.54 Å². The summed E-state index contributed by atoms with van der Waals surface area (Å²) < 4.78 is 5.39. The maximum atomic E-state index is 12.5. The van der Waals surface area contributed by atoms with Crippen LogP contribution in [-0.4, -0.2) is 5.91 Å². The van der Waals surface area contributed by atoms with Crippen molar-refractivity contribution < 1.29 is 9.21 Å². The zero-order valence-electron chi connectivity index (χ0n) is 13.0. The largest absolute Gasteiger partial charge is 0.464 e. The molecule has 0 fully saturated rings. The minimum atomic E-state index is -0.0966. The molecule has 0 saturated carbocycles. The topological polar surface area (TPSA) is 42.2 Å². The Morgan fingerprint density at radius 1 is 1.22 bits per heavy atom. The number of furan rings is 1. The molecule has 23 heavy (non-hydrogen) atoms. The summed E-state index contributed by atoms with van der Waals surface area (Å²) in [5.41, 5.74) is 2.12. The Bertz CT molecular complexity index is 747. The van der Waals surface area contributed by atoms with Crippen LogP contribution >= 0.6 is 11.3 Å². The van der Waals surface area contributed by atoms with E-state index in [9.17, 15) is 4.79 Å². The van der Waals surface area contributed by atoms with Crippen LogP contribution in [0.4, 0.5) is 0 Å². The van der Waals surface area contributed by atoms with Crippen molar-refractivity contribution in [2.45, 2.75) is 25.8 Å². The molecule has 1 amide bonds. The number of carbonyl (C=O) groups excluding carboxylic acids is 1. The van der Waals surface area contributed by atoms with Gasteiger partial charge in [0.15, 0.2) is 0 Å². The minimum Gasteiger partial charge on any atom is -0.464 e. The van der Waals surface area contributed by atoms with Gasteiger partial charge in [0.25, 0.3) is 0 Å². The molecule has 0 aliphatic carbocycles. The minimum absolute atomic E-state index is 0.0756. The number of thiophene rings is 1. The first-order chi connectivity index (χ1) is 11.3. The molecular weight excluding hydrogens is 306 g/mol. The predicted molar refractivity (Wildman–Crippen MR) is 93.3 cm³/mol. The second-order valence-electron chi connectivity index (χ2n) is 5.37. The van der Waals surface area contributed by atoms with Gasteiger partial charge in [-0.25, -0.2) is 0 Å². The third-order valence-electron chi connectivity index (χ3n) is 3.82. The lowest BCUT2D eigenvalue weighted by Crippen LogP contribution is -2.28. The average Bonchev–Trinajstić information content (AvgIpc) is 3.26. The highest BCUT2D eigenvalue weighted by Gasteiger charge is 2.18. The molecule has 0 radical (unpaired) electrons. The fraction of sp³-hybridized carbons (Fsp3) is 0.211. The highest BCUT2D eigenvalue weighted by atomic mass is 32.1. The van der Waals surface area contributed by atoms with Gasteiger partial charge in [-0.1, -0.05) is 37.3 Å². The molecule has 3 aromatic rings. The Labute approximate surface area is 140 Å². The van der Waals surface area contributed by atoms with Crippen LogP contribution in [0.2, 0.25) is 0 Å². The summed E-state index contributed by atoms with van der Waals surface area (Å²) >= 11 is 1.63. The molecule has 118 valence electrons. The SMILES string of the molecule is CCC(C(=O)NCc1cc(-c2ccco2)cs1)c1ccccc1. The van der Waals surface area contributed by atoms with E-state index in [-0.39, 0.29) is 11.8 Å². The van der Waals surface area contributed by atoms with E-state index in [1.165, 1.54) is 0 Å². The Morgan fingerprint density at radius 3 is 2.74 bits per heavy atom. The Balaban J connectivity index is 1.62. The number of hydrogen-bond acceptors (Lipinski definition) is 3. The summed E-state index contributed by atoms with van der Waals surface area (Å²) in [5, 5.41) is 5.10. The molecule has 0 bridgehead atoms. The van der Waals surface area contributed by atoms with E-state index < -0.39 is 0 Å². The standard InChI is InChI=1S/C19H19NO2S/c1-2-17(14-7-4-3-5-8-14)19(21)20-12-16-11-15(13-23-16)18-9-6-10-22-18/h3-11,13,17H,2,12H2,1H3,(H,20,21). The molecule has 1 N–H and O–H groups in total. The first-order valence-corrected chi connectivity index (χ1v) is 8.60. The fourth-order valence-electron chi connectivity index (χ4n) is 2.60. The number of hydrogen-bond donors (Lipinski definition) is 1. The van der Waals surface area contributed by atoms with Gasteiger partial charge in [0, 0.05) is 15.8 Å². The molecule has 3 nitrogen and oxygen atoms in total. The van der Waals surface area contributed by atoms with Crippen LogP contribution in [0.3, 0.4) is 0 Å². The van der Waals surface area contributed by atoms with Crippen LogP contribution in [0.5, 0.6) is 0 Å². The van der Waals surface area contributed by atoms with Crippen molar-refractivity contribution in [2.75, 3.05) is 0 Å². The Morgan fingerprint density at radius 2 is 2.04 bits per heavy atom. The Hall–Kier alpha value is -2.33. The van der Waals surface area contributed by atoms with Crippen molar-refractivity contribution in [3.05, 3.63) is 70.6 Å². The molecule has 1 unspecified atom stereocenters. The number of carbonyl (C=O) groups is 1. The molecule has 0 aliphatic rings. The summed E-state index contributed by atoms with van der Waals surface area (Å²) in [6.45, 7) is 2.59. The Kier molecular flexibility index (Phi) is 4.93. The lowest BCUT2D eigenvalue weighted by molar-refractivity contribution is -0.122. The van der Waals surface area contributed by atoms with Gasteiger partial charge in [0.1, 0.15) is 5.76 Å². The molecule has 0 spiro atoms. The van der Waals surface area contributed by atoms with Gasteiger partial charge < -0.3 is 9.73 Å². The fourth-order valence-corrected chi connectivity index (χ4v) is 3.41. The number of nitrogens with one attached hydrogen (secondary N) is 1. The van der Waals surface area contributed by atoms with Crippen LogP contribution in [0.25, 0.3) is 11.3 Å². The van der Waals surface area contributed by atoms with Crippen molar-refractivity contribution in [1.82, 2.24) is 5.32 Å². The van der Waals surface area contributed by atoms with Gasteiger partial charge >= 0.3 is 0 Å². The van der Waals surface area contributed by atoms with Crippen molar-refractivity contribution in [2.24, 2.45) is 0 Å². The summed E-state index contributed by atoms with van der Waals surface area (Å²) in [5.74, 6) is 0.835. The second-order valence-corrected chi connectivity index (χ2v) is 6.36. The predicted octanol–water partition coefficient (Wildman–Crippen LogP) is 4.82. The molecule has 1 atom stereocenters. The second kappa shape index (κ2) is 7.29. The summed E-state index contributed by atoms with van der Waals surface area (Å²) in [4.78, 5) is 13.6. The van der Waals surface area contributed by atoms with Gasteiger partial charge in [-0.3, -0.25) is 4.79 Å². The van der Waals surface area contributed by atoms with Crippen LogP contribution in [0.15, 0.2) is 64.6 Å². The van der Waals surface area contributed by atoms with Crippen LogP contribution in [0.1, 0.15) is 29.7 Å². The van der Waals surface area contributed by atoms with Gasteiger partial charge in [0.2, 0.25) is 5.91 Å². The van der Waals surface area contributed by atoms with E-state index in [1.807, 2.05) is 49.4 Å². The highest BCUT2D eigenvalue weighted by Crippen LogP contribution is 2.26. The van der Waals surface area contributed by atoms with Crippen LogP contribution in [0, 0.1) is 0 Å². The van der Waals surface area contributed by atoms with Gasteiger partial charge in [-0.2, -0.15) is 0 Å². The molecule has 4 heteroatoms. The zero-order valence-corrected chi connectivity index (χ0v) is 13.8. The molecule has 2 heterocycles. The smallest absolute Gasteiger partial charge is 0.227 e. The highest BCUT2D eigenvalue weighted by molar-refractivity contribution is 7.10. The van der Waals surface area contributed by atoms with Gasteiger partial charge in [-0.05, 0) is 30.2 Å². The number of benzene rings is 1. The van der Waals surface area contributed by atoms with E-state index in [0.717, 1.165) is 28.2 Å². The molecule has 1 aromatic carbocycles. The quantitative estimate of drug-likeness (QED) is 0.706.